The Morgan fingerprint density at radius 3 is 2.44 bits per heavy atom. The zero-order valence-corrected chi connectivity index (χ0v) is 10.7. The van der Waals surface area contributed by atoms with Crippen molar-refractivity contribution >= 4 is 12.2 Å². The summed E-state index contributed by atoms with van der Waals surface area (Å²) in [5.41, 5.74) is 0.401. The summed E-state index contributed by atoms with van der Waals surface area (Å²) >= 11 is 0. The predicted molar refractivity (Wildman–Crippen MR) is 69.4 cm³/mol. The summed E-state index contributed by atoms with van der Waals surface area (Å²) in [7, 11) is 0. The highest BCUT2D eigenvalue weighted by Gasteiger charge is 2.16. The molecule has 0 unspecified atom stereocenters. The Morgan fingerprint density at radius 2 is 1.94 bits per heavy atom. The minimum atomic E-state index is -0.633. The molecule has 0 atom stereocenters. The number of nitrogens with zero attached hydrogens (tertiary/aromatic N) is 1. The molecule has 0 bridgehead atoms. The summed E-state index contributed by atoms with van der Waals surface area (Å²) in [5, 5.41) is 11.4. The monoisotopic (exact) mass is 244 g/mol. The second-order valence-electron chi connectivity index (χ2n) is 4.71. The van der Waals surface area contributed by atoms with Gasteiger partial charge in [-0.25, -0.2) is 4.79 Å². The molecule has 0 aliphatic rings. The number of carbonyl (C=O) groups is 1. The molecule has 0 spiro atoms. The first-order chi connectivity index (χ1) is 8.40. The third kappa shape index (κ3) is 5.17. The lowest BCUT2D eigenvalue weighted by Gasteiger charge is -2.19. The van der Waals surface area contributed by atoms with E-state index in [2.05, 4.69) is 5.32 Å². The molecule has 0 radical (unpaired) electrons. The van der Waals surface area contributed by atoms with E-state index in [1.807, 2.05) is 36.4 Å². The highest BCUT2D eigenvalue weighted by molar-refractivity contribution is 5.74. The second-order valence-corrected chi connectivity index (χ2v) is 4.71. The number of allylic oxidation sites excluding steroid dienone is 1. The molecule has 0 aliphatic heterocycles. The second kappa shape index (κ2) is 5.87. The molecule has 1 rings (SSSR count). The molecule has 0 aliphatic carbocycles. The van der Waals surface area contributed by atoms with E-state index in [1.165, 1.54) is 0 Å². The third-order valence-electron chi connectivity index (χ3n) is 1.87. The zero-order valence-electron chi connectivity index (χ0n) is 10.7. The van der Waals surface area contributed by atoms with E-state index in [9.17, 15) is 4.79 Å². The van der Waals surface area contributed by atoms with Gasteiger partial charge in [-0.1, -0.05) is 30.3 Å². The Hall–Kier alpha value is -2.28. The van der Waals surface area contributed by atoms with Crippen molar-refractivity contribution in [2.75, 3.05) is 0 Å². The summed E-state index contributed by atoms with van der Waals surface area (Å²) in [6.45, 7) is 5.29. The predicted octanol–water partition coefficient (Wildman–Crippen LogP) is 3.08. The van der Waals surface area contributed by atoms with E-state index < -0.39 is 11.7 Å². The minimum absolute atomic E-state index is 0.149. The van der Waals surface area contributed by atoms with Crippen LogP contribution in [0, 0.1) is 11.3 Å². The molecular weight excluding hydrogens is 228 g/mol. The average molecular weight is 244 g/mol. The molecule has 4 nitrogen and oxygen atoms in total. The lowest BCUT2D eigenvalue weighted by atomic mass is 10.2. The number of rotatable bonds is 2. The Balaban J connectivity index is 2.72. The number of ether oxygens (including phenoxy) is 1. The van der Waals surface area contributed by atoms with Crippen LogP contribution in [0.25, 0.3) is 6.08 Å². The summed E-state index contributed by atoms with van der Waals surface area (Å²) in [6.07, 6.45) is 0.954. The number of nitrogens with one attached hydrogen (secondary N) is 1. The number of hydrogen-bond acceptors (Lipinski definition) is 3. The molecule has 4 heteroatoms. The first-order valence-electron chi connectivity index (χ1n) is 5.57. The van der Waals surface area contributed by atoms with Crippen molar-refractivity contribution < 1.29 is 9.53 Å². The molecular formula is C14H16N2O2. The summed E-state index contributed by atoms with van der Waals surface area (Å²) in [6, 6.07) is 11.2. The van der Waals surface area contributed by atoms with Crippen molar-refractivity contribution in [3.8, 4) is 6.07 Å². The van der Waals surface area contributed by atoms with E-state index in [4.69, 9.17) is 10.00 Å². The standard InChI is InChI=1S/C14H16N2O2/c1-14(2,3)18-13(17)16-12(10-15)9-11-7-5-4-6-8-11/h4-9H,1-3H3,(H,16,17)/b12-9+. The maximum Gasteiger partial charge on any atom is 0.412 e. The van der Waals surface area contributed by atoms with Gasteiger partial charge in [0.1, 0.15) is 17.4 Å². The smallest absolute Gasteiger partial charge is 0.412 e. The van der Waals surface area contributed by atoms with E-state index in [0.717, 1.165) is 5.56 Å². The van der Waals surface area contributed by atoms with Crippen molar-refractivity contribution in [1.82, 2.24) is 5.32 Å². The maximum absolute atomic E-state index is 11.5. The lowest BCUT2D eigenvalue weighted by Crippen LogP contribution is -2.31. The van der Waals surface area contributed by atoms with E-state index in [-0.39, 0.29) is 5.70 Å². The Kier molecular flexibility index (Phi) is 4.50. The molecule has 0 saturated carbocycles. The van der Waals surface area contributed by atoms with Crippen LogP contribution in [0.1, 0.15) is 26.3 Å². The Bertz CT molecular complexity index is 479. The average Bonchev–Trinajstić information content (AvgIpc) is 2.27. The topological polar surface area (TPSA) is 62.1 Å². The van der Waals surface area contributed by atoms with E-state index >= 15 is 0 Å². The SMILES string of the molecule is CC(C)(C)OC(=O)N/C(C#N)=C/c1ccccc1. The number of benzene rings is 1. The zero-order chi connectivity index (χ0) is 13.6. The number of alkyl carbamates (subject to hydrolysis) is 1. The minimum Gasteiger partial charge on any atom is -0.444 e. The number of hydrogen-bond donors (Lipinski definition) is 1. The van der Waals surface area contributed by atoms with Crippen molar-refractivity contribution in [3.63, 3.8) is 0 Å². The maximum atomic E-state index is 11.5. The molecule has 94 valence electrons. The molecule has 0 heterocycles. The van der Waals surface area contributed by atoms with Crippen molar-refractivity contribution in [1.29, 1.82) is 5.26 Å². The third-order valence-corrected chi connectivity index (χ3v) is 1.87. The van der Waals surface area contributed by atoms with Crippen LogP contribution in [-0.2, 0) is 4.74 Å². The number of nitriles is 1. The molecule has 1 amide bonds. The summed E-state index contributed by atoms with van der Waals surface area (Å²) < 4.78 is 5.07. The van der Waals surface area contributed by atoms with Crippen LogP contribution < -0.4 is 5.32 Å². The Morgan fingerprint density at radius 1 is 1.33 bits per heavy atom. The van der Waals surface area contributed by atoms with Gasteiger partial charge in [-0.15, -0.1) is 0 Å². The van der Waals surface area contributed by atoms with Gasteiger partial charge in [-0.05, 0) is 32.4 Å². The van der Waals surface area contributed by atoms with Gasteiger partial charge < -0.3 is 4.74 Å². The highest BCUT2D eigenvalue weighted by Crippen LogP contribution is 2.08. The van der Waals surface area contributed by atoms with E-state index in [1.54, 1.807) is 26.8 Å². The van der Waals surface area contributed by atoms with Gasteiger partial charge >= 0.3 is 6.09 Å². The normalized spacial score (nSPS) is 11.6. The fraction of sp³-hybridized carbons (Fsp3) is 0.286. The van der Waals surface area contributed by atoms with Gasteiger partial charge in [-0.2, -0.15) is 5.26 Å². The van der Waals surface area contributed by atoms with Gasteiger partial charge in [0.2, 0.25) is 0 Å². The van der Waals surface area contributed by atoms with Crippen molar-refractivity contribution in [3.05, 3.63) is 41.6 Å². The van der Waals surface area contributed by atoms with Crippen LogP contribution in [0.4, 0.5) is 4.79 Å². The molecule has 1 N–H and O–H groups in total. The molecule has 0 saturated heterocycles. The molecule has 0 fully saturated rings. The van der Waals surface area contributed by atoms with Gasteiger partial charge in [-0.3, -0.25) is 5.32 Å². The quantitative estimate of drug-likeness (QED) is 0.813. The summed E-state index contributed by atoms with van der Waals surface area (Å²) in [5.74, 6) is 0. The summed E-state index contributed by atoms with van der Waals surface area (Å²) in [4.78, 5) is 11.5. The van der Waals surface area contributed by atoms with E-state index in [0.29, 0.717) is 0 Å². The van der Waals surface area contributed by atoms with Crippen molar-refractivity contribution in [2.24, 2.45) is 0 Å². The van der Waals surface area contributed by atoms with Gasteiger partial charge in [0.05, 0.1) is 0 Å². The van der Waals surface area contributed by atoms with Gasteiger partial charge in [0.15, 0.2) is 0 Å². The van der Waals surface area contributed by atoms with Crippen LogP contribution in [0.15, 0.2) is 36.0 Å². The largest absolute Gasteiger partial charge is 0.444 e. The van der Waals surface area contributed by atoms with Crippen LogP contribution in [0.5, 0.6) is 0 Å². The van der Waals surface area contributed by atoms with Crippen LogP contribution in [-0.4, -0.2) is 11.7 Å². The molecule has 18 heavy (non-hydrogen) atoms. The van der Waals surface area contributed by atoms with Gasteiger partial charge in [0, 0.05) is 0 Å². The van der Waals surface area contributed by atoms with Crippen LogP contribution >= 0.6 is 0 Å². The fourth-order valence-corrected chi connectivity index (χ4v) is 1.23. The van der Waals surface area contributed by atoms with Crippen LogP contribution in [0.2, 0.25) is 0 Å². The highest BCUT2D eigenvalue weighted by atomic mass is 16.6. The van der Waals surface area contributed by atoms with Crippen molar-refractivity contribution in [2.45, 2.75) is 26.4 Å². The fourth-order valence-electron chi connectivity index (χ4n) is 1.23. The first-order valence-corrected chi connectivity index (χ1v) is 5.57. The number of amides is 1. The molecule has 1 aromatic carbocycles. The lowest BCUT2D eigenvalue weighted by molar-refractivity contribution is 0.0549. The first kappa shape index (κ1) is 13.8. The Labute approximate surface area is 107 Å². The molecule has 0 aromatic heterocycles. The molecule has 1 aromatic rings. The van der Waals surface area contributed by atoms with Crippen LogP contribution in [0.3, 0.4) is 0 Å². The number of carbonyl (C=O) groups excluding carboxylic acids is 1. The van der Waals surface area contributed by atoms with Gasteiger partial charge in [0.25, 0.3) is 0 Å².